The summed E-state index contributed by atoms with van der Waals surface area (Å²) < 4.78 is 11.4. The van der Waals surface area contributed by atoms with Gasteiger partial charge in [-0.1, -0.05) is 30.0 Å². The van der Waals surface area contributed by atoms with E-state index in [1.54, 1.807) is 7.11 Å². The molecule has 1 N–H and O–H groups in total. The second kappa shape index (κ2) is 6.60. The maximum atomic E-state index is 6.16. The van der Waals surface area contributed by atoms with Crippen molar-refractivity contribution in [1.82, 2.24) is 15.2 Å². The van der Waals surface area contributed by atoms with Gasteiger partial charge in [-0.15, -0.1) is 10.2 Å². The van der Waals surface area contributed by atoms with Gasteiger partial charge >= 0.3 is 0 Å². The molecule has 0 aliphatic carbocycles. The molecular formula is C18H16N4O2S. The van der Waals surface area contributed by atoms with Gasteiger partial charge < -0.3 is 14.8 Å². The molecule has 2 heterocycles. The van der Waals surface area contributed by atoms with Gasteiger partial charge in [-0.05, 0) is 36.6 Å². The number of benzene rings is 2. The number of rotatable bonds is 3. The van der Waals surface area contributed by atoms with Crippen LogP contribution in [0.4, 0.5) is 5.69 Å². The summed E-state index contributed by atoms with van der Waals surface area (Å²) in [6, 6.07) is 15.7. The number of anilines is 1. The van der Waals surface area contributed by atoms with Gasteiger partial charge in [0.05, 0.1) is 7.11 Å². The van der Waals surface area contributed by atoms with E-state index in [4.69, 9.17) is 9.47 Å². The van der Waals surface area contributed by atoms with Crippen LogP contribution < -0.4 is 14.8 Å². The van der Waals surface area contributed by atoms with Crippen LogP contribution in [-0.2, 0) is 0 Å². The summed E-state index contributed by atoms with van der Waals surface area (Å²) in [4.78, 5) is 4.50. The zero-order valence-corrected chi connectivity index (χ0v) is 14.6. The third-order valence-electron chi connectivity index (χ3n) is 3.93. The predicted molar refractivity (Wildman–Crippen MR) is 97.0 cm³/mol. The number of nitrogens with one attached hydrogen (secondary N) is 1. The first-order valence-corrected chi connectivity index (χ1v) is 8.96. The summed E-state index contributed by atoms with van der Waals surface area (Å²) in [6.45, 7) is 0. The molecule has 7 heteroatoms. The number of hydrogen-bond acceptors (Lipinski definition) is 7. The summed E-state index contributed by atoms with van der Waals surface area (Å²) in [5, 5.41) is 12.5. The quantitative estimate of drug-likeness (QED) is 0.720. The van der Waals surface area contributed by atoms with Crippen molar-refractivity contribution in [3.8, 4) is 22.9 Å². The summed E-state index contributed by atoms with van der Waals surface area (Å²) in [5.74, 6) is 1.27. The van der Waals surface area contributed by atoms with E-state index in [1.165, 1.54) is 11.8 Å². The number of para-hydroxylation sites is 1. The van der Waals surface area contributed by atoms with E-state index in [2.05, 4.69) is 20.5 Å². The van der Waals surface area contributed by atoms with E-state index < -0.39 is 0 Å². The molecule has 1 aliphatic heterocycles. The third kappa shape index (κ3) is 2.98. The minimum Gasteiger partial charge on any atom is -0.497 e. The molecule has 0 bridgehead atoms. The van der Waals surface area contributed by atoms with Crippen LogP contribution in [0.25, 0.3) is 11.3 Å². The molecule has 3 aromatic rings. The molecule has 0 spiro atoms. The molecule has 1 aliphatic rings. The van der Waals surface area contributed by atoms with Crippen molar-refractivity contribution in [3.05, 3.63) is 54.1 Å². The zero-order chi connectivity index (χ0) is 17.2. The van der Waals surface area contributed by atoms with E-state index in [9.17, 15) is 0 Å². The lowest BCUT2D eigenvalue weighted by atomic mass is 10.1. The van der Waals surface area contributed by atoms with Gasteiger partial charge in [-0.25, -0.2) is 0 Å². The fourth-order valence-electron chi connectivity index (χ4n) is 2.66. The molecular weight excluding hydrogens is 336 g/mol. The molecule has 126 valence electrons. The first kappa shape index (κ1) is 15.7. The van der Waals surface area contributed by atoms with Crippen molar-refractivity contribution in [3.63, 3.8) is 0 Å². The summed E-state index contributed by atoms with van der Waals surface area (Å²) in [7, 11) is 1.65. The number of fused-ring (bicyclic) bond motifs is 3. The molecule has 0 saturated heterocycles. The Kier molecular flexibility index (Phi) is 4.15. The maximum absolute atomic E-state index is 6.16. The molecule has 1 unspecified atom stereocenters. The first-order valence-electron chi connectivity index (χ1n) is 7.74. The third-order valence-corrected chi connectivity index (χ3v) is 4.47. The minimum absolute atomic E-state index is 0.389. The molecule has 25 heavy (non-hydrogen) atoms. The Labute approximate surface area is 149 Å². The summed E-state index contributed by atoms with van der Waals surface area (Å²) >= 11 is 1.43. The SMILES string of the molecule is COc1ccc(C2Nc3ccccc3-c3nnc(SC)nc3O2)cc1. The Morgan fingerprint density at radius 3 is 2.64 bits per heavy atom. The lowest BCUT2D eigenvalue weighted by Gasteiger charge is -2.19. The van der Waals surface area contributed by atoms with E-state index in [0.29, 0.717) is 16.7 Å². The summed E-state index contributed by atoms with van der Waals surface area (Å²) in [5.41, 5.74) is 3.45. The molecule has 6 nitrogen and oxygen atoms in total. The molecule has 0 radical (unpaired) electrons. The van der Waals surface area contributed by atoms with E-state index in [1.807, 2.05) is 54.8 Å². The van der Waals surface area contributed by atoms with Crippen LogP contribution in [0.3, 0.4) is 0 Å². The van der Waals surface area contributed by atoms with Crippen LogP contribution in [0.15, 0.2) is 53.7 Å². The minimum atomic E-state index is -0.389. The highest BCUT2D eigenvalue weighted by molar-refractivity contribution is 7.98. The first-order chi connectivity index (χ1) is 12.3. The van der Waals surface area contributed by atoms with Gasteiger partial charge in [0.25, 0.3) is 0 Å². The smallest absolute Gasteiger partial charge is 0.247 e. The largest absolute Gasteiger partial charge is 0.497 e. The Balaban J connectivity index is 1.81. The Morgan fingerprint density at radius 1 is 1.08 bits per heavy atom. The van der Waals surface area contributed by atoms with Crippen LogP contribution >= 0.6 is 11.8 Å². The molecule has 4 rings (SSSR count). The normalized spacial score (nSPS) is 15.2. The number of nitrogens with zero attached hydrogens (tertiary/aromatic N) is 3. The molecule has 2 aromatic carbocycles. The van der Waals surface area contributed by atoms with Crippen LogP contribution in [0.2, 0.25) is 0 Å². The van der Waals surface area contributed by atoms with Crippen molar-refractivity contribution < 1.29 is 9.47 Å². The second-order valence-electron chi connectivity index (χ2n) is 5.41. The number of aromatic nitrogens is 3. The molecule has 0 saturated carbocycles. The second-order valence-corrected chi connectivity index (χ2v) is 6.19. The van der Waals surface area contributed by atoms with Crippen LogP contribution in [-0.4, -0.2) is 28.5 Å². The van der Waals surface area contributed by atoms with Crippen molar-refractivity contribution in [2.45, 2.75) is 11.4 Å². The predicted octanol–water partition coefficient (Wildman–Crippen LogP) is 3.77. The average molecular weight is 352 g/mol. The lowest BCUT2D eigenvalue weighted by Crippen LogP contribution is -2.17. The number of hydrogen-bond donors (Lipinski definition) is 1. The fourth-order valence-corrected chi connectivity index (χ4v) is 2.96. The van der Waals surface area contributed by atoms with Gasteiger partial charge in [0.2, 0.25) is 11.0 Å². The molecule has 0 amide bonds. The average Bonchev–Trinajstić information content (AvgIpc) is 2.84. The van der Waals surface area contributed by atoms with E-state index >= 15 is 0 Å². The molecule has 1 aromatic heterocycles. The highest BCUT2D eigenvalue weighted by Gasteiger charge is 2.25. The zero-order valence-electron chi connectivity index (χ0n) is 13.8. The van der Waals surface area contributed by atoms with Crippen molar-refractivity contribution >= 4 is 17.4 Å². The Bertz CT molecular complexity index is 902. The maximum Gasteiger partial charge on any atom is 0.247 e. The topological polar surface area (TPSA) is 69.2 Å². The van der Waals surface area contributed by atoms with Crippen LogP contribution in [0.5, 0.6) is 11.6 Å². The van der Waals surface area contributed by atoms with Gasteiger partial charge in [0.15, 0.2) is 11.9 Å². The van der Waals surface area contributed by atoms with Crippen LogP contribution in [0.1, 0.15) is 11.8 Å². The summed E-state index contributed by atoms with van der Waals surface area (Å²) in [6.07, 6.45) is 1.52. The van der Waals surface area contributed by atoms with Crippen molar-refractivity contribution in [1.29, 1.82) is 0 Å². The van der Waals surface area contributed by atoms with Gasteiger partial charge in [-0.2, -0.15) is 4.98 Å². The van der Waals surface area contributed by atoms with Crippen molar-refractivity contribution in [2.75, 3.05) is 18.7 Å². The van der Waals surface area contributed by atoms with Gasteiger partial charge in [0, 0.05) is 16.8 Å². The van der Waals surface area contributed by atoms with E-state index in [0.717, 1.165) is 22.6 Å². The Morgan fingerprint density at radius 2 is 1.88 bits per heavy atom. The number of thioether (sulfide) groups is 1. The number of ether oxygens (including phenoxy) is 2. The fraction of sp³-hybridized carbons (Fsp3) is 0.167. The highest BCUT2D eigenvalue weighted by atomic mass is 32.2. The van der Waals surface area contributed by atoms with Crippen molar-refractivity contribution in [2.24, 2.45) is 0 Å². The molecule has 0 fully saturated rings. The monoisotopic (exact) mass is 352 g/mol. The highest BCUT2D eigenvalue weighted by Crippen LogP contribution is 2.39. The lowest BCUT2D eigenvalue weighted by molar-refractivity contribution is 0.225. The van der Waals surface area contributed by atoms with E-state index in [-0.39, 0.29) is 6.23 Å². The van der Waals surface area contributed by atoms with Crippen LogP contribution in [0, 0.1) is 0 Å². The standard InChI is InChI=1S/C18H16N4O2S/c1-23-12-9-7-11(8-10-12)16-19-14-6-4-3-5-13(14)15-17(24-16)20-18(25-2)22-21-15/h3-10,16,19H,1-2H3. The van der Waals surface area contributed by atoms with Gasteiger partial charge in [0.1, 0.15) is 5.75 Å². The molecule has 1 atom stereocenters. The van der Waals surface area contributed by atoms with Gasteiger partial charge in [-0.3, -0.25) is 0 Å². The Hall–Kier alpha value is -2.80. The number of methoxy groups -OCH3 is 1.